The molecule has 1 radical (unpaired) electrons. The molecular weight excluding hydrogens is 188 g/mol. The molecule has 0 bridgehead atoms. The summed E-state index contributed by atoms with van der Waals surface area (Å²) in [6, 6.07) is 8.05. The zero-order chi connectivity index (χ0) is 11.1. The summed E-state index contributed by atoms with van der Waals surface area (Å²) in [7, 11) is 3.44. The smallest absolute Gasteiger partial charge is 0.122 e. The van der Waals surface area contributed by atoms with Crippen LogP contribution in [0.25, 0.3) is 0 Å². The Kier molecular flexibility index (Phi) is 5.19. The Bertz CT molecular complexity index is 284. The van der Waals surface area contributed by atoms with E-state index in [1.807, 2.05) is 18.2 Å². The van der Waals surface area contributed by atoms with E-state index in [1.54, 1.807) is 14.2 Å². The minimum absolute atomic E-state index is 0.316. The minimum Gasteiger partial charge on any atom is -0.496 e. The van der Waals surface area contributed by atoms with Crippen LogP contribution in [-0.4, -0.2) is 20.3 Å². The van der Waals surface area contributed by atoms with Crippen LogP contribution in [0.15, 0.2) is 24.3 Å². The van der Waals surface area contributed by atoms with Gasteiger partial charge in [-0.25, -0.2) is 0 Å². The molecule has 0 N–H and O–H groups in total. The van der Waals surface area contributed by atoms with Crippen LogP contribution in [0.5, 0.6) is 5.75 Å². The highest BCUT2D eigenvalue weighted by molar-refractivity contribution is 5.38. The van der Waals surface area contributed by atoms with Crippen LogP contribution in [0.4, 0.5) is 0 Å². The maximum absolute atomic E-state index is 5.27. The van der Waals surface area contributed by atoms with Crippen molar-refractivity contribution in [2.45, 2.75) is 25.9 Å². The van der Waals surface area contributed by atoms with Crippen LogP contribution < -0.4 is 4.74 Å². The van der Waals surface area contributed by atoms with Crippen LogP contribution in [0.3, 0.4) is 0 Å². The molecule has 1 atom stereocenters. The molecule has 2 nitrogen and oxygen atoms in total. The molecule has 1 aromatic rings. The summed E-state index contributed by atoms with van der Waals surface area (Å²) < 4.78 is 10.5. The molecule has 83 valence electrons. The van der Waals surface area contributed by atoms with Crippen molar-refractivity contribution in [3.63, 3.8) is 0 Å². The van der Waals surface area contributed by atoms with Gasteiger partial charge in [0.2, 0.25) is 0 Å². The predicted molar refractivity (Wildman–Crippen MR) is 62.1 cm³/mol. The number of methoxy groups -OCH3 is 2. The number of hydrogen-bond acceptors (Lipinski definition) is 2. The standard InChI is InChI=1S/C13H19O2/c1-11(14-2)7-6-9-12-8-4-5-10-13(12)15-3/h4-5,8-11H,6-7H2,1-3H3. The van der Waals surface area contributed by atoms with Gasteiger partial charge in [-0.1, -0.05) is 18.2 Å². The first-order valence-electron chi connectivity index (χ1n) is 5.27. The first-order valence-corrected chi connectivity index (χ1v) is 5.27. The lowest BCUT2D eigenvalue weighted by Crippen LogP contribution is -2.04. The van der Waals surface area contributed by atoms with Crippen molar-refractivity contribution in [1.29, 1.82) is 0 Å². The van der Waals surface area contributed by atoms with Gasteiger partial charge in [0.25, 0.3) is 0 Å². The Balaban J connectivity index is 2.43. The third-order valence-electron chi connectivity index (χ3n) is 2.48. The summed E-state index contributed by atoms with van der Waals surface area (Å²) in [6.07, 6.45) is 4.55. The van der Waals surface area contributed by atoms with Crippen LogP contribution in [0.1, 0.15) is 25.3 Å². The number of ether oxygens (including phenoxy) is 2. The van der Waals surface area contributed by atoms with Crippen molar-refractivity contribution in [2.75, 3.05) is 14.2 Å². The second-order valence-electron chi connectivity index (χ2n) is 3.57. The topological polar surface area (TPSA) is 18.5 Å². The molecule has 0 fully saturated rings. The number of para-hydroxylation sites is 1. The van der Waals surface area contributed by atoms with E-state index in [2.05, 4.69) is 19.4 Å². The lowest BCUT2D eigenvalue weighted by molar-refractivity contribution is 0.111. The largest absolute Gasteiger partial charge is 0.496 e. The fraction of sp³-hybridized carbons (Fsp3) is 0.462. The van der Waals surface area contributed by atoms with Crippen molar-refractivity contribution in [2.24, 2.45) is 0 Å². The van der Waals surface area contributed by atoms with Gasteiger partial charge in [0.05, 0.1) is 13.2 Å². The van der Waals surface area contributed by atoms with Gasteiger partial charge in [0, 0.05) is 7.11 Å². The highest BCUT2D eigenvalue weighted by atomic mass is 16.5. The third-order valence-corrected chi connectivity index (χ3v) is 2.48. The van der Waals surface area contributed by atoms with Crippen molar-refractivity contribution in [3.8, 4) is 5.75 Å². The maximum Gasteiger partial charge on any atom is 0.122 e. The lowest BCUT2D eigenvalue weighted by Gasteiger charge is -2.10. The maximum atomic E-state index is 5.27. The van der Waals surface area contributed by atoms with E-state index in [1.165, 1.54) is 0 Å². The molecular formula is C13H19O2. The van der Waals surface area contributed by atoms with Crippen LogP contribution in [0, 0.1) is 6.42 Å². The number of benzene rings is 1. The molecule has 0 spiro atoms. The normalized spacial score (nSPS) is 12.5. The highest BCUT2D eigenvalue weighted by Gasteiger charge is 2.03. The molecule has 0 heterocycles. The third kappa shape index (κ3) is 3.92. The van der Waals surface area contributed by atoms with Crippen molar-refractivity contribution >= 4 is 0 Å². The van der Waals surface area contributed by atoms with E-state index in [0.717, 1.165) is 24.2 Å². The molecule has 2 heteroatoms. The van der Waals surface area contributed by atoms with Gasteiger partial charge in [0.15, 0.2) is 0 Å². The SMILES string of the molecule is COc1ccccc1[CH]CCC(C)OC. The van der Waals surface area contributed by atoms with Crippen LogP contribution in [0.2, 0.25) is 0 Å². The lowest BCUT2D eigenvalue weighted by atomic mass is 10.1. The van der Waals surface area contributed by atoms with Crippen molar-refractivity contribution in [3.05, 3.63) is 36.2 Å². The highest BCUT2D eigenvalue weighted by Crippen LogP contribution is 2.21. The fourth-order valence-electron chi connectivity index (χ4n) is 1.43. The summed E-state index contributed by atoms with van der Waals surface area (Å²) in [5.74, 6) is 0.933. The second-order valence-corrected chi connectivity index (χ2v) is 3.57. The first-order chi connectivity index (χ1) is 7.27. The Hall–Kier alpha value is -1.02. The Labute approximate surface area is 92.2 Å². The zero-order valence-electron chi connectivity index (χ0n) is 9.69. The van der Waals surface area contributed by atoms with E-state index in [4.69, 9.17) is 9.47 Å². The Morgan fingerprint density at radius 3 is 2.67 bits per heavy atom. The van der Waals surface area contributed by atoms with E-state index in [0.29, 0.717) is 6.10 Å². The fourth-order valence-corrected chi connectivity index (χ4v) is 1.43. The molecule has 0 aliphatic heterocycles. The molecule has 0 saturated heterocycles. The molecule has 0 aromatic heterocycles. The van der Waals surface area contributed by atoms with E-state index in [-0.39, 0.29) is 0 Å². The van der Waals surface area contributed by atoms with Gasteiger partial charge in [-0.3, -0.25) is 0 Å². The van der Waals surface area contributed by atoms with E-state index in [9.17, 15) is 0 Å². The Morgan fingerprint density at radius 1 is 1.27 bits per heavy atom. The van der Waals surface area contributed by atoms with Crippen LogP contribution >= 0.6 is 0 Å². The summed E-state index contributed by atoms with van der Waals surface area (Å²) in [6.45, 7) is 2.08. The van der Waals surface area contributed by atoms with Crippen LogP contribution in [-0.2, 0) is 4.74 Å². The Morgan fingerprint density at radius 2 is 2.00 bits per heavy atom. The van der Waals surface area contributed by atoms with Gasteiger partial charge >= 0.3 is 0 Å². The summed E-state index contributed by atoms with van der Waals surface area (Å²) in [5, 5.41) is 0. The van der Waals surface area contributed by atoms with E-state index < -0.39 is 0 Å². The van der Waals surface area contributed by atoms with Gasteiger partial charge in [-0.05, 0) is 37.8 Å². The molecule has 0 aliphatic carbocycles. The molecule has 0 aliphatic rings. The summed E-state index contributed by atoms with van der Waals surface area (Å²) >= 11 is 0. The molecule has 15 heavy (non-hydrogen) atoms. The van der Waals surface area contributed by atoms with Crippen molar-refractivity contribution < 1.29 is 9.47 Å². The molecule has 0 saturated carbocycles. The average Bonchev–Trinajstić information content (AvgIpc) is 2.29. The van der Waals surface area contributed by atoms with Gasteiger partial charge in [0.1, 0.15) is 5.75 Å². The number of rotatable bonds is 6. The molecule has 0 amide bonds. The van der Waals surface area contributed by atoms with E-state index >= 15 is 0 Å². The van der Waals surface area contributed by atoms with Gasteiger partial charge in [-0.15, -0.1) is 0 Å². The monoisotopic (exact) mass is 207 g/mol. The van der Waals surface area contributed by atoms with Crippen molar-refractivity contribution in [1.82, 2.24) is 0 Å². The average molecular weight is 207 g/mol. The quantitative estimate of drug-likeness (QED) is 0.713. The number of hydrogen-bond donors (Lipinski definition) is 0. The second kappa shape index (κ2) is 6.46. The predicted octanol–water partition coefficient (Wildman–Crippen LogP) is 3.06. The van der Waals surface area contributed by atoms with Gasteiger partial charge < -0.3 is 9.47 Å². The summed E-state index contributed by atoms with van der Waals surface area (Å²) in [4.78, 5) is 0. The first kappa shape index (κ1) is 12.1. The zero-order valence-corrected chi connectivity index (χ0v) is 9.69. The molecule has 1 rings (SSSR count). The summed E-state index contributed by atoms with van der Waals surface area (Å²) in [5.41, 5.74) is 1.16. The molecule has 1 aromatic carbocycles. The molecule has 1 unspecified atom stereocenters. The van der Waals surface area contributed by atoms with Gasteiger partial charge in [-0.2, -0.15) is 0 Å². The minimum atomic E-state index is 0.316.